The van der Waals surface area contributed by atoms with Gasteiger partial charge in [-0.3, -0.25) is 10.2 Å². The van der Waals surface area contributed by atoms with Crippen LogP contribution in [-0.2, 0) is 0 Å². The van der Waals surface area contributed by atoms with E-state index in [1.165, 1.54) is 30.8 Å². The molecule has 0 aromatic carbocycles. The van der Waals surface area contributed by atoms with E-state index in [-0.39, 0.29) is 11.6 Å². The van der Waals surface area contributed by atoms with Crippen molar-refractivity contribution in [3.05, 3.63) is 6.20 Å². The van der Waals surface area contributed by atoms with Gasteiger partial charge < -0.3 is 5.32 Å². The number of carbonyl (C=O) groups is 1. The van der Waals surface area contributed by atoms with Gasteiger partial charge in [-0.2, -0.15) is 0 Å². The Morgan fingerprint density at radius 2 is 2.38 bits per heavy atom. The van der Waals surface area contributed by atoms with Crippen LogP contribution in [0.3, 0.4) is 0 Å². The zero-order valence-electron chi connectivity index (χ0n) is 13.1. The summed E-state index contributed by atoms with van der Waals surface area (Å²) in [6, 6.07) is -0.196. The van der Waals surface area contributed by atoms with Gasteiger partial charge in [-0.25, -0.2) is 4.79 Å². The molecule has 0 radical (unpaired) electrons. The van der Waals surface area contributed by atoms with Crippen molar-refractivity contribution in [3.63, 3.8) is 0 Å². The molecule has 2 amide bonds. The molecule has 6 nitrogen and oxygen atoms in total. The molecule has 0 spiro atoms. The molecule has 21 heavy (non-hydrogen) atoms. The Kier molecular flexibility index (Phi) is 5.52. The summed E-state index contributed by atoms with van der Waals surface area (Å²) >= 11 is 1.17. The molecule has 1 fully saturated rings. The van der Waals surface area contributed by atoms with Gasteiger partial charge in [-0.1, -0.05) is 17.8 Å². The van der Waals surface area contributed by atoms with E-state index in [4.69, 9.17) is 0 Å². The Morgan fingerprint density at radius 3 is 3.05 bits per heavy atom. The summed E-state index contributed by atoms with van der Waals surface area (Å²) in [5.74, 6) is 0.787. The van der Waals surface area contributed by atoms with E-state index in [1.54, 1.807) is 6.20 Å². The molecular formula is C14H25N5OS. The number of anilines is 1. The van der Waals surface area contributed by atoms with E-state index in [9.17, 15) is 4.79 Å². The van der Waals surface area contributed by atoms with Crippen LogP contribution >= 0.6 is 11.5 Å². The predicted molar refractivity (Wildman–Crippen MR) is 85.6 cm³/mol. The highest BCUT2D eigenvalue weighted by Crippen LogP contribution is 2.25. The number of carbonyl (C=O) groups excluding carboxylic acids is 1. The molecule has 2 N–H and O–H groups in total. The van der Waals surface area contributed by atoms with Gasteiger partial charge in [-0.05, 0) is 39.2 Å². The maximum atomic E-state index is 11.9. The van der Waals surface area contributed by atoms with E-state index >= 15 is 0 Å². The summed E-state index contributed by atoms with van der Waals surface area (Å²) < 4.78 is 3.72. The average Bonchev–Trinajstić information content (AvgIpc) is 2.98. The Labute approximate surface area is 130 Å². The molecule has 1 atom stereocenters. The summed E-state index contributed by atoms with van der Waals surface area (Å²) in [5.41, 5.74) is -0.0306. The summed E-state index contributed by atoms with van der Waals surface area (Å²) in [6.07, 6.45) is 5.36. The highest BCUT2D eigenvalue weighted by Gasteiger charge is 2.31. The van der Waals surface area contributed by atoms with Gasteiger partial charge in [0.25, 0.3) is 0 Å². The number of nitrogens with one attached hydrogen (secondary N) is 2. The third-order valence-electron chi connectivity index (χ3n) is 4.23. The first-order valence-corrected chi connectivity index (χ1v) is 8.36. The number of nitrogens with zero attached hydrogens (tertiary/aromatic N) is 3. The summed E-state index contributed by atoms with van der Waals surface area (Å²) in [6.45, 7) is 9.52. The molecular weight excluding hydrogens is 286 g/mol. The SMILES string of the molecule is CCC1CCCN(C(C)(C)CNC(=O)Nc2cnns2)C1. The van der Waals surface area contributed by atoms with E-state index in [2.05, 4.69) is 45.9 Å². The number of hydrogen-bond donors (Lipinski definition) is 2. The molecule has 1 aromatic heterocycles. The number of amides is 2. The van der Waals surface area contributed by atoms with Crippen LogP contribution in [0, 0.1) is 5.92 Å². The van der Waals surface area contributed by atoms with Crippen molar-refractivity contribution in [2.75, 3.05) is 25.0 Å². The third-order valence-corrected chi connectivity index (χ3v) is 4.81. The molecule has 0 aliphatic carbocycles. The molecule has 2 rings (SSSR count). The fraction of sp³-hybridized carbons (Fsp3) is 0.786. The zero-order chi connectivity index (χ0) is 15.3. The van der Waals surface area contributed by atoms with Crippen molar-refractivity contribution in [1.82, 2.24) is 19.8 Å². The van der Waals surface area contributed by atoms with E-state index in [1.807, 2.05) is 0 Å². The van der Waals surface area contributed by atoms with Gasteiger partial charge in [0.1, 0.15) is 5.00 Å². The Balaban J connectivity index is 1.81. The molecule has 118 valence electrons. The number of likely N-dealkylation sites (tertiary alicyclic amines) is 1. The molecule has 1 aromatic rings. The minimum atomic E-state index is -0.196. The topological polar surface area (TPSA) is 70.2 Å². The highest BCUT2D eigenvalue weighted by atomic mass is 32.1. The van der Waals surface area contributed by atoms with Crippen LogP contribution in [0.1, 0.15) is 40.0 Å². The molecule has 1 aliphatic heterocycles. The lowest BCUT2D eigenvalue weighted by Crippen LogP contribution is -2.55. The lowest BCUT2D eigenvalue weighted by Gasteiger charge is -2.43. The molecule has 7 heteroatoms. The Morgan fingerprint density at radius 1 is 1.57 bits per heavy atom. The highest BCUT2D eigenvalue weighted by molar-refractivity contribution is 7.10. The van der Waals surface area contributed by atoms with Crippen molar-refractivity contribution in [1.29, 1.82) is 0 Å². The number of urea groups is 1. The number of rotatable bonds is 5. The summed E-state index contributed by atoms with van der Waals surface area (Å²) in [7, 11) is 0. The van der Waals surface area contributed by atoms with Crippen molar-refractivity contribution in [2.24, 2.45) is 5.92 Å². The van der Waals surface area contributed by atoms with Crippen LogP contribution < -0.4 is 10.6 Å². The van der Waals surface area contributed by atoms with Gasteiger partial charge >= 0.3 is 6.03 Å². The minimum absolute atomic E-state index is 0.0306. The second-order valence-electron chi connectivity index (χ2n) is 6.26. The first-order valence-electron chi connectivity index (χ1n) is 7.58. The molecule has 2 heterocycles. The van der Waals surface area contributed by atoms with Crippen molar-refractivity contribution < 1.29 is 4.79 Å². The first kappa shape index (κ1) is 16.2. The van der Waals surface area contributed by atoms with Gasteiger partial charge in [-0.15, -0.1) is 5.10 Å². The van der Waals surface area contributed by atoms with Gasteiger partial charge in [0.05, 0.1) is 6.20 Å². The first-order chi connectivity index (χ1) is 10.0. The van der Waals surface area contributed by atoms with Crippen LogP contribution in [0.2, 0.25) is 0 Å². The smallest absolute Gasteiger partial charge is 0.319 e. The minimum Gasteiger partial charge on any atom is -0.336 e. The Hall–Kier alpha value is -1.21. The van der Waals surface area contributed by atoms with Crippen molar-refractivity contribution >= 4 is 22.6 Å². The van der Waals surface area contributed by atoms with E-state index in [0.717, 1.165) is 19.0 Å². The Bertz CT molecular complexity index is 448. The van der Waals surface area contributed by atoms with Crippen LogP contribution in [-0.4, -0.2) is 45.7 Å². The predicted octanol–water partition coefficient (Wildman–Crippen LogP) is 2.56. The monoisotopic (exact) mass is 311 g/mol. The summed E-state index contributed by atoms with van der Waals surface area (Å²) in [4.78, 5) is 14.4. The molecule has 1 unspecified atom stereocenters. The lowest BCUT2D eigenvalue weighted by molar-refractivity contribution is 0.0669. The number of piperidine rings is 1. The molecule has 0 saturated carbocycles. The molecule has 1 aliphatic rings. The maximum Gasteiger partial charge on any atom is 0.319 e. The van der Waals surface area contributed by atoms with Crippen LogP contribution in [0.4, 0.5) is 9.80 Å². The summed E-state index contributed by atoms with van der Waals surface area (Å²) in [5, 5.41) is 10.0. The fourth-order valence-corrected chi connectivity index (χ4v) is 3.15. The molecule has 1 saturated heterocycles. The lowest BCUT2D eigenvalue weighted by atomic mass is 9.91. The average molecular weight is 311 g/mol. The second-order valence-corrected chi connectivity index (χ2v) is 7.05. The number of hydrogen-bond acceptors (Lipinski definition) is 5. The van der Waals surface area contributed by atoms with Crippen molar-refractivity contribution in [2.45, 2.75) is 45.6 Å². The quantitative estimate of drug-likeness (QED) is 0.877. The zero-order valence-corrected chi connectivity index (χ0v) is 13.9. The van der Waals surface area contributed by atoms with Gasteiger partial charge in [0.15, 0.2) is 0 Å². The second kappa shape index (κ2) is 7.17. The van der Waals surface area contributed by atoms with Crippen LogP contribution in [0.5, 0.6) is 0 Å². The normalized spacial score (nSPS) is 20.2. The fourth-order valence-electron chi connectivity index (χ4n) is 2.73. The largest absolute Gasteiger partial charge is 0.336 e. The van der Waals surface area contributed by atoms with Crippen LogP contribution in [0.25, 0.3) is 0 Å². The third kappa shape index (κ3) is 4.64. The standard InChI is InChI=1S/C14H25N5OS/c1-4-11-6-5-7-19(9-11)14(2,3)10-15-13(20)17-12-8-16-18-21-12/h8,11H,4-7,9-10H2,1-3H3,(H2,15,17,20). The maximum absolute atomic E-state index is 11.9. The van der Waals surface area contributed by atoms with Gasteiger partial charge in [0.2, 0.25) is 0 Å². The van der Waals surface area contributed by atoms with E-state index < -0.39 is 0 Å². The van der Waals surface area contributed by atoms with Crippen LogP contribution in [0.15, 0.2) is 6.20 Å². The van der Waals surface area contributed by atoms with Gasteiger partial charge in [0, 0.05) is 30.2 Å². The molecule has 0 bridgehead atoms. The van der Waals surface area contributed by atoms with E-state index in [0.29, 0.717) is 11.5 Å². The van der Waals surface area contributed by atoms with Crippen molar-refractivity contribution in [3.8, 4) is 0 Å². The number of aromatic nitrogens is 2.